The summed E-state index contributed by atoms with van der Waals surface area (Å²) >= 11 is 0. The Hall–Kier alpha value is -2.24. The highest BCUT2D eigenvalue weighted by Gasteiger charge is 2.18. The van der Waals surface area contributed by atoms with E-state index in [1.165, 1.54) is 6.07 Å². The highest BCUT2D eigenvalue weighted by Crippen LogP contribution is 2.19. The highest BCUT2D eigenvalue weighted by molar-refractivity contribution is 6.33. The Labute approximate surface area is 104 Å². The van der Waals surface area contributed by atoms with Crippen LogP contribution in [0, 0.1) is 10.1 Å². The summed E-state index contributed by atoms with van der Waals surface area (Å²) < 4.78 is 4.55. The molecule has 0 fully saturated rings. The number of rotatable bonds is 6. The molecule has 6 heteroatoms. The van der Waals surface area contributed by atoms with Crippen molar-refractivity contribution in [3.8, 4) is 0 Å². The van der Waals surface area contributed by atoms with Crippen LogP contribution in [-0.4, -0.2) is 23.3 Å². The number of hydrogen-bond donors (Lipinski definition) is 0. The third kappa shape index (κ3) is 3.65. The van der Waals surface area contributed by atoms with Crippen LogP contribution in [0.4, 0.5) is 5.69 Å². The standard InChI is InChI=1S/C12H13NO5/c1-2-18-12(15)11(14)8-7-9-5-3-4-6-10(9)13(16)17/h3-6H,2,7-8H2,1H3. The highest BCUT2D eigenvalue weighted by atomic mass is 16.6. The molecule has 6 nitrogen and oxygen atoms in total. The Morgan fingerprint density at radius 2 is 2.00 bits per heavy atom. The molecule has 0 aliphatic heterocycles. The van der Waals surface area contributed by atoms with Crippen LogP contribution < -0.4 is 0 Å². The molecule has 0 unspecified atom stereocenters. The van der Waals surface area contributed by atoms with Crippen molar-refractivity contribution in [1.29, 1.82) is 0 Å². The SMILES string of the molecule is CCOC(=O)C(=O)CCc1ccccc1[N+](=O)[O-]. The second-order valence-electron chi connectivity index (χ2n) is 3.53. The molecule has 0 radical (unpaired) electrons. The fourth-order valence-corrected chi connectivity index (χ4v) is 1.46. The van der Waals surface area contributed by atoms with Gasteiger partial charge >= 0.3 is 5.97 Å². The number of Topliss-reactive ketones (excluding diaryl/α,β-unsaturated/α-hetero) is 1. The number of ether oxygens (including phenoxy) is 1. The van der Waals surface area contributed by atoms with Gasteiger partial charge in [-0.3, -0.25) is 14.9 Å². The Bertz CT molecular complexity index is 469. The number of nitrogens with zero attached hydrogens (tertiary/aromatic N) is 1. The minimum atomic E-state index is -0.893. The first kappa shape index (κ1) is 13.8. The molecule has 0 aliphatic carbocycles. The number of benzene rings is 1. The van der Waals surface area contributed by atoms with Gasteiger partial charge in [0.1, 0.15) is 0 Å². The Kier molecular flexibility index (Phi) is 4.98. The number of carbonyl (C=O) groups excluding carboxylic acids is 2. The molecule has 0 aromatic heterocycles. The van der Waals surface area contributed by atoms with Crippen LogP contribution in [0.15, 0.2) is 24.3 Å². The van der Waals surface area contributed by atoms with Gasteiger partial charge in [0, 0.05) is 18.1 Å². The van der Waals surface area contributed by atoms with Crippen molar-refractivity contribution in [2.45, 2.75) is 19.8 Å². The Morgan fingerprint density at radius 3 is 2.61 bits per heavy atom. The molecule has 96 valence electrons. The summed E-state index contributed by atoms with van der Waals surface area (Å²) in [6.07, 6.45) is 0.0541. The topological polar surface area (TPSA) is 86.5 Å². The zero-order valence-electron chi connectivity index (χ0n) is 9.92. The summed E-state index contributed by atoms with van der Waals surface area (Å²) in [5, 5.41) is 10.7. The molecule has 1 aromatic carbocycles. The molecule has 0 bridgehead atoms. The second-order valence-corrected chi connectivity index (χ2v) is 3.53. The van der Waals surface area contributed by atoms with E-state index in [1.807, 2.05) is 0 Å². The van der Waals surface area contributed by atoms with Gasteiger partial charge in [0.15, 0.2) is 0 Å². The lowest BCUT2D eigenvalue weighted by Crippen LogP contribution is -2.17. The van der Waals surface area contributed by atoms with E-state index < -0.39 is 16.7 Å². The van der Waals surface area contributed by atoms with E-state index >= 15 is 0 Å². The summed E-state index contributed by atoms with van der Waals surface area (Å²) in [7, 11) is 0. The zero-order valence-corrected chi connectivity index (χ0v) is 9.92. The Balaban J connectivity index is 2.66. The fourth-order valence-electron chi connectivity index (χ4n) is 1.46. The normalized spacial score (nSPS) is 9.83. The van der Waals surface area contributed by atoms with Gasteiger partial charge in [-0.05, 0) is 13.3 Å². The van der Waals surface area contributed by atoms with Crippen LogP contribution >= 0.6 is 0 Å². The number of nitro benzene ring substituents is 1. The minimum Gasteiger partial charge on any atom is -0.460 e. The van der Waals surface area contributed by atoms with Crippen molar-refractivity contribution in [3.63, 3.8) is 0 Å². The maximum absolute atomic E-state index is 11.3. The molecule has 0 atom stereocenters. The molecule has 1 rings (SSSR count). The van der Waals surface area contributed by atoms with Crippen molar-refractivity contribution in [2.75, 3.05) is 6.61 Å². The van der Waals surface area contributed by atoms with Gasteiger partial charge in [0.05, 0.1) is 11.5 Å². The fraction of sp³-hybridized carbons (Fsp3) is 0.333. The number of aryl methyl sites for hydroxylation is 1. The average Bonchev–Trinajstić information content (AvgIpc) is 2.36. The summed E-state index contributed by atoms with van der Waals surface area (Å²) in [6, 6.07) is 6.13. The molecule has 0 heterocycles. The van der Waals surface area contributed by atoms with Crippen molar-refractivity contribution in [2.24, 2.45) is 0 Å². The van der Waals surface area contributed by atoms with Gasteiger partial charge in [0.2, 0.25) is 5.78 Å². The lowest BCUT2D eigenvalue weighted by molar-refractivity contribution is -0.385. The van der Waals surface area contributed by atoms with Gasteiger partial charge < -0.3 is 4.74 Å². The lowest BCUT2D eigenvalue weighted by Gasteiger charge is -2.02. The van der Waals surface area contributed by atoms with Gasteiger partial charge in [-0.1, -0.05) is 18.2 Å². The third-order valence-corrected chi connectivity index (χ3v) is 2.31. The molecule has 0 spiro atoms. The predicted octanol–water partition coefficient (Wildman–Crippen LogP) is 1.66. The van der Waals surface area contributed by atoms with E-state index in [0.29, 0.717) is 5.56 Å². The predicted molar refractivity (Wildman–Crippen MR) is 63.1 cm³/mol. The molecule has 0 saturated heterocycles. The third-order valence-electron chi connectivity index (χ3n) is 2.31. The number of nitro groups is 1. The maximum atomic E-state index is 11.3. The molecule has 0 saturated carbocycles. The largest absolute Gasteiger partial charge is 0.460 e. The van der Waals surface area contributed by atoms with Crippen LogP contribution in [0.1, 0.15) is 18.9 Å². The second kappa shape index (κ2) is 6.48. The van der Waals surface area contributed by atoms with E-state index in [2.05, 4.69) is 4.74 Å². The molecular formula is C12H13NO5. The summed E-state index contributed by atoms with van der Waals surface area (Å²) in [5.74, 6) is -1.56. The molecule has 0 aliphatic rings. The molecule has 1 aromatic rings. The Morgan fingerprint density at radius 1 is 1.33 bits per heavy atom. The van der Waals surface area contributed by atoms with Crippen LogP contribution in [-0.2, 0) is 20.7 Å². The van der Waals surface area contributed by atoms with Gasteiger partial charge in [-0.15, -0.1) is 0 Å². The van der Waals surface area contributed by atoms with Gasteiger partial charge in [-0.2, -0.15) is 0 Å². The number of carbonyl (C=O) groups is 2. The monoisotopic (exact) mass is 251 g/mol. The summed E-state index contributed by atoms with van der Waals surface area (Å²) in [4.78, 5) is 32.6. The van der Waals surface area contributed by atoms with Crippen molar-refractivity contribution < 1.29 is 19.2 Å². The summed E-state index contributed by atoms with van der Waals surface area (Å²) in [6.45, 7) is 1.74. The first-order valence-electron chi connectivity index (χ1n) is 5.48. The van der Waals surface area contributed by atoms with Crippen molar-refractivity contribution >= 4 is 17.4 Å². The maximum Gasteiger partial charge on any atom is 0.374 e. The number of hydrogen-bond acceptors (Lipinski definition) is 5. The summed E-state index contributed by atoms with van der Waals surface area (Å²) in [5.41, 5.74) is 0.384. The first-order chi connectivity index (χ1) is 8.56. The van der Waals surface area contributed by atoms with E-state index in [4.69, 9.17) is 0 Å². The van der Waals surface area contributed by atoms with E-state index in [-0.39, 0.29) is 25.1 Å². The number of para-hydroxylation sites is 1. The van der Waals surface area contributed by atoms with Crippen molar-refractivity contribution in [1.82, 2.24) is 0 Å². The van der Waals surface area contributed by atoms with E-state index in [0.717, 1.165) is 0 Å². The number of esters is 1. The minimum absolute atomic E-state index is 0.0471. The van der Waals surface area contributed by atoms with Crippen LogP contribution in [0.25, 0.3) is 0 Å². The smallest absolute Gasteiger partial charge is 0.374 e. The van der Waals surface area contributed by atoms with Crippen molar-refractivity contribution in [3.05, 3.63) is 39.9 Å². The number of ketones is 1. The van der Waals surface area contributed by atoms with E-state index in [1.54, 1.807) is 25.1 Å². The van der Waals surface area contributed by atoms with Crippen LogP contribution in [0.5, 0.6) is 0 Å². The first-order valence-corrected chi connectivity index (χ1v) is 5.48. The van der Waals surface area contributed by atoms with Crippen LogP contribution in [0.2, 0.25) is 0 Å². The molecule has 18 heavy (non-hydrogen) atoms. The average molecular weight is 251 g/mol. The van der Waals surface area contributed by atoms with E-state index in [9.17, 15) is 19.7 Å². The van der Waals surface area contributed by atoms with Gasteiger partial charge in [0.25, 0.3) is 5.69 Å². The quantitative estimate of drug-likeness (QED) is 0.332. The lowest BCUT2D eigenvalue weighted by atomic mass is 10.1. The van der Waals surface area contributed by atoms with Gasteiger partial charge in [-0.25, -0.2) is 4.79 Å². The molecule has 0 amide bonds. The zero-order chi connectivity index (χ0) is 13.5. The molecule has 0 N–H and O–H groups in total. The molecular weight excluding hydrogens is 238 g/mol. The van der Waals surface area contributed by atoms with Crippen LogP contribution in [0.3, 0.4) is 0 Å².